The lowest BCUT2D eigenvalue weighted by molar-refractivity contribution is 0.103. The Morgan fingerprint density at radius 3 is 2.32 bits per heavy atom. The van der Waals surface area contributed by atoms with E-state index in [1.807, 2.05) is 13.0 Å². The van der Waals surface area contributed by atoms with Gasteiger partial charge in [0.25, 0.3) is 0 Å². The highest BCUT2D eigenvalue weighted by molar-refractivity contribution is 9.10. The van der Waals surface area contributed by atoms with Crippen LogP contribution in [0, 0.1) is 6.92 Å². The monoisotopic (exact) mass is 400 g/mol. The molecule has 0 aromatic heterocycles. The predicted molar refractivity (Wildman–Crippen MR) is 92.3 cm³/mol. The van der Waals surface area contributed by atoms with Crippen LogP contribution in [0.4, 0.5) is 0 Å². The second-order valence-electron chi connectivity index (χ2n) is 5.20. The van der Waals surface area contributed by atoms with Crippen molar-refractivity contribution in [3.63, 3.8) is 0 Å². The van der Waals surface area contributed by atoms with Crippen molar-refractivity contribution in [2.45, 2.75) is 12.7 Å². The predicted octanol–water partition coefficient (Wildman–Crippen LogP) is 4.19. The molecule has 0 atom stereocenters. The van der Waals surface area contributed by atoms with E-state index in [-0.39, 0.29) is 11.5 Å². The maximum absolute atomic E-state index is 12.6. The van der Waals surface area contributed by atoms with Gasteiger partial charge in [-0.25, -0.2) is 8.42 Å². The maximum atomic E-state index is 12.6. The Bertz CT molecular complexity index is 844. The van der Waals surface area contributed by atoms with Crippen LogP contribution in [-0.4, -0.2) is 20.5 Å². The van der Waals surface area contributed by atoms with Crippen LogP contribution in [-0.2, 0) is 15.6 Å². The molecule has 0 aliphatic heterocycles. The SMILES string of the molecule is Cc1ccc(C(=O)c2ccc(CS(C)(=O)=O)cc2Br)c(Cl)c1. The Kier molecular flexibility index (Phi) is 5.10. The number of carbonyl (C=O) groups is 1. The Balaban J connectivity index is 2.38. The van der Waals surface area contributed by atoms with E-state index in [1.165, 1.54) is 6.26 Å². The van der Waals surface area contributed by atoms with Gasteiger partial charge in [0.1, 0.15) is 0 Å². The molecule has 0 N–H and O–H groups in total. The Morgan fingerprint density at radius 1 is 1.14 bits per heavy atom. The van der Waals surface area contributed by atoms with Gasteiger partial charge in [0.2, 0.25) is 0 Å². The normalized spacial score (nSPS) is 11.5. The van der Waals surface area contributed by atoms with E-state index in [2.05, 4.69) is 15.9 Å². The van der Waals surface area contributed by atoms with Crippen molar-refractivity contribution in [2.24, 2.45) is 0 Å². The summed E-state index contributed by atoms with van der Waals surface area (Å²) in [6.07, 6.45) is 1.17. The van der Waals surface area contributed by atoms with Gasteiger partial charge in [-0.3, -0.25) is 4.79 Å². The Hall–Kier alpha value is -1.17. The van der Waals surface area contributed by atoms with Gasteiger partial charge in [0.15, 0.2) is 15.6 Å². The molecular formula is C16H14BrClO3S. The topological polar surface area (TPSA) is 51.2 Å². The third-order valence-corrected chi connectivity index (χ3v) is 4.90. The first-order chi connectivity index (χ1) is 10.2. The van der Waals surface area contributed by atoms with Crippen LogP contribution >= 0.6 is 27.5 Å². The molecule has 0 fully saturated rings. The fourth-order valence-electron chi connectivity index (χ4n) is 2.08. The van der Waals surface area contributed by atoms with Crippen LogP contribution in [0.3, 0.4) is 0 Å². The zero-order chi connectivity index (χ0) is 16.5. The van der Waals surface area contributed by atoms with E-state index in [0.29, 0.717) is 26.2 Å². The molecule has 0 radical (unpaired) electrons. The molecule has 2 aromatic carbocycles. The average molecular weight is 402 g/mol. The van der Waals surface area contributed by atoms with Crippen molar-refractivity contribution in [2.75, 3.05) is 6.26 Å². The van der Waals surface area contributed by atoms with E-state index in [1.54, 1.807) is 30.3 Å². The number of sulfone groups is 1. The molecule has 2 rings (SSSR count). The summed E-state index contributed by atoms with van der Waals surface area (Å²) >= 11 is 9.46. The molecular weight excluding hydrogens is 388 g/mol. The quantitative estimate of drug-likeness (QED) is 0.722. The van der Waals surface area contributed by atoms with E-state index < -0.39 is 9.84 Å². The summed E-state index contributed by atoms with van der Waals surface area (Å²) in [4.78, 5) is 12.6. The van der Waals surface area contributed by atoms with Crippen LogP contribution in [0.25, 0.3) is 0 Å². The summed E-state index contributed by atoms with van der Waals surface area (Å²) in [6.45, 7) is 1.90. The number of hydrogen-bond acceptors (Lipinski definition) is 3. The van der Waals surface area contributed by atoms with Crippen LogP contribution in [0.1, 0.15) is 27.0 Å². The van der Waals surface area contributed by atoms with Crippen LogP contribution in [0.2, 0.25) is 5.02 Å². The minimum absolute atomic E-state index is 0.0641. The number of hydrogen-bond donors (Lipinski definition) is 0. The maximum Gasteiger partial charge on any atom is 0.195 e. The molecule has 2 aromatic rings. The van der Waals surface area contributed by atoms with E-state index >= 15 is 0 Å². The fourth-order valence-corrected chi connectivity index (χ4v) is 3.80. The molecule has 0 unspecified atom stereocenters. The van der Waals surface area contributed by atoms with Crippen molar-refractivity contribution in [3.8, 4) is 0 Å². The summed E-state index contributed by atoms with van der Waals surface area (Å²) in [5.74, 6) is -0.270. The number of rotatable bonds is 4. The first-order valence-electron chi connectivity index (χ1n) is 6.44. The molecule has 0 heterocycles. The van der Waals surface area contributed by atoms with Gasteiger partial charge in [-0.1, -0.05) is 39.7 Å². The molecule has 0 bridgehead atoms. The first kappa shape index (κ1) is 17.2. The third kappa shape index (κ3) is 4.18. The largest absolute Gasteiger partial charge is 0.289 e. The lowest BCUT2D eigenvalue weighted by atomic mass is 10.0. The van der Waals surface area contributed by atoms with Crippen LogP contribution < -0.4 is 0 Å². The highest BCUT2D eigenvalue weighted by atomic mass is 79.9. The number of aryl methyl sites for hydroxylation is 1. The van der Waals surface area contributed by atoms with Crippen LogP contribution in [0.5, 0.6) is 0 Å². The minimum Gasteiger partial charge on any atom is -0.289 e. The molecule has 0 spiro atoms. The lowest BCUT2D eigenvalue weighted by Crippen LogP contribution is -2.05. The molecule has 0 aliphatic rings. The number of benzene rings is 2. The standard InChI is InChI=1S/C16H14BrClO3S/c1-10-3-5-13(15(18)7-10)16(19)12-6-4-11(8-14(12)17)9-22(2,20)21/h3-8H,9H2,1-2H3. The van der Waals surface area contributed by atoms with Gasteiger partial charge < -0.3 is 0 Å². The van der Waals surface area contributed by atoms with Gasteiger partial charge in [-0.05, 0) is 42.3 Å². The molecule has 0 saturated carbocycles. The van der Waals surface area contributed by atoms with Crippen molar-refractivity contribution < 1.29 is 13.2 Å². The molecule has 0 amide bonds. The molecule has 22 heavy (non-hydrogen) atoms. The Labute approximate surface area is 143 Å². The van der Waals surface area contributed by atoms with Gasteiger partial charge in [-0.2, -0.15) is 0 Å². The number of ketones is 1. The number of carbonyl (C=O) groups excluding carboxylic acids is 1. The van der Waals surface area contributed by atoms with Crippen molar-refractivity contribution in [1.82, 2.24) is 0 Å². The molecule has 0 aliphatic carbocycles. The number of halogens is 2. The fraction of sp³-hybridized carbons (Fsp3) is 0.188. The third-order valence-electron chi connectivity index (χ3n) is 3.08. The molecule has 6 heteroatoms. The highest BCUT2D eigenvalue weighted by Crippen LogP contribution is 2.26. The zero-order valence-electron chi connectivity index (χ0n) is 12.1. The Morgan fingerprint density at radius 2 is 1.77 bits per heavy atom. The molecule has 3 nitrogen and oxygen atoms in total. The zero-order valence-corrected chi connectivity index (χ0v) is 15.2. The summed E-state index contributed by atoms with van der Waals surface area (Å²) in [6, 6.07) is 10.2. The van der Waals surface area contributed by atoms with Gasteiger partial charge in [-0.15, -0.1) is 0 Å². The van der Waals surface area contributed by atoms with E-state index in [9.17, 15) is 13.2 Å². The summed E-state index contributed by atoms with van der Waals surface area (Å²) < 4.78 is 23.2. The van der Waals surface area contributed by atoms with Crippen molar-refractivity contribution >= 4 is 43.2 Å². The summed E-state index contributed by atoms with van der Waals surface area (Å²) in [5, 5.41) is 0.400. The van der Waals surface area contributed by atoms with Gasteiger partial charge in [0, 0.05) is 21.9 Å². The molecule has 116 valence electrons. The van der Waals surface area contributed by atoms with Gasteiger partial charge in [0.05, 0.1) is 10.8 Å². The van der Waals surface area contributed by atoms with Gasteiger partial charge >= 0.3 is 0 Å². The summed E-state index contributed by atoms with van der Waals surface area (Å²) in [5.41, 5.74) is 2.47. The second-order valence-corrected chi connectivity index (χ2v) is 8.60. The van der Waals surface area contributed by atoms with Crippen molar-refractivity contribution in [3.05, 3.63) is 68.1 Å². The van der Waals surface area contributed by atoms with Crippen LogP contribution in [0.15, 0.2) is 40.9 Å². The van der Waals surface area contributed by atoms with E-state index in [0.717, 1.165) is 5.56 Å². The lowest BCUT2D eigenvalue weighted by Gasteiger charge is -2.08. The minimum atomic E-state index is -3.12. The molecule has 0 saturated heterocycles. The highest BCUT2D eigenvalue weighted by Gasteiger charge is 2.16. The van der Waals surface area contributed by atoms with E-state index in [4.69, 9.17) is 11.6 Å². The average Bonchev–Trinajstić information content (AvgIpc) is 2.36. The smallest absolute Gasteiger partial charge is 0.195 e. The second kappa shape index (κ2) is 6.52. The van der Waals surface area contributed by atoms with Crippen molar-refractivity contribution in [1.29, 1.82) is 0 Å². The first-order valence-corrected chi connectivity index (χ1v) is 9.67. The summed E-state index contributed by atoms with van der Waals surface area (Å²) in [7, 11) is -3.12.